The molecule has 2 aliphatic rings. The second-order valence-corrected chi connectivity index (χ2v) is 10.9. The third-order valence-corrected chi connectivity index (χ3v) is 7.46. The number of carbonyl (C=O) groups is 2. The van der Waals surface area contributed by atoms with Crippen LogP contribution in [-0.4, -0.2) is 57.7 Å². The summed E-state index contributed by atoms with van der Waals surface area (Å²) in [4.78, 5) is 35.9. The Morgan fingerprint density at radius 2 is 1.80 bits per heavy atom. The number of amides is 2. The lowest BCUT2D eigenvalue weighted by atomic mass is 10.0. The Hall–Kier alpha value is -4.97. The van der Waals surface area contributed by atoms with E-state index in [1.807, 2.05) is 19.9 Å². The quantitative estimate of drug-likeness (QED) is 0.259. The third kappa shape index (κ3) is 5.80. The van der Waals surface area contributed by atoms with E-state index in [1.54, 1.807) is 47.1 Å². The van der Waals surface area contributed by atoms with E-state index >= 15 is 4.39 Å². The number of benzodiazepines with no additional fused rings is 1. The van der Waals surface area contributed by atoms with Crippen LogP contribution in [0.1, 0.15) is 54.2 Å². The fourth-order valence-corrected chi connectivity index (χ4v) is 5.41. The summed E-state index contributed by atoms with van der Waals surface area (Å²) in [5.41, 5.74) is 1.65. The molecule has 1 atom stereocenters. The van der Waals surface area contributed by atoms with Gasteiger partial charge >= 0.3 is 0 Å². The standard InChI is InChI=1S/C32H31F2N7O3/c1-18(2)36-25-12-11-22(29(34)37-25)28-23(17-35-41(28)20-13-15-44-16-14-20)31(42)40-30-32(43)39-27-21(9-6-10-24(27)33)26(38-30)19-7-4-3-5-8-19/h3-12,17-18,20,30H,13-16H2,1-2H3,(H,36,37)(H,39,43)(H,40,42)/t30-/m1/s1. The first kappa shape index (κ1) is 29.1. The normalized spacial score (nSPS) is 17.0. The minimum Gasteiger partial charge on any atom is -0.381 e. The van der Waals surface area contributed by atoms with Gasteiger partial charge in [-0.1, -0.05) is 42.5 Å². The lowest BCUT2D eigenvalue weighted by molar-refractivity contribution is -0.117. The van der Waals surface area contributed by atoms with Gasteiger partial charge < -0.3 is 20.7 Å². The van der Waals surface area contributed by atoms with E-state index < -0.39 is 29.7 Å². The monoisotopic (exact) mass is 599 g/mol. The summed E-state index contributed by atoms with van der Waals surface area (Å²) in [5, 5.41) is 12.8. The molecule has 226 valence electrons. The van der Waals surface area contributed by atoms with E-state index in [1.165, 1.54) is 18.3 Å². The van der Waals surface area contributed by atoms with Crippen molar-refractivity contribution >= 4 is 29.0 Å². The van der Waals surface area contributed by atoms with Crippen LogP contribution in [0.4, 0.5) is 20.3 Å². The smallest absolute Gasteiger partial charge is 0.269 e. The van der Waals surface area contributed by atoms with E-state index in [0.717, 1.165) is 0 Å². The number of para-hydroxylation sites is 1. The number of carbonyl (C=O) groups excluding carboxylic acids is 2. The number of fused-ring (bicyclic) bond motifs is 1. The lowest BCUT2D eigenvalue weighted by Gasteiger charge is -2.25. The second kappa shape index (κ2) is 12.3. The van der Waals surface area contributed by atoms with Gasteiger partial charge in [0.2, 0.25) is 12.1 Å². The first-order chi connectivity index (χ1) is 21.3. The van der Waals surface area contributed by atoms with Crippen molar-refractivity contribution in [3.63, 3.8) is 0 Å². The van der Waals surface area contributed by atoms with Crippen LogP contribution in [0.15, 0.2) is 71.9 Å². The number of hydrogen-bond acceptors (Lipinski definition) is 7. The van der Waals surface area contributed by atoms with Gasteiger partial charge in [-0.05, 0) is 44.9 Å². The number of aromatic nitrogens is 3. The van der Waals surface area contributed by atoms with Gasteiger partial charge in [-0.25, -0.2) is 14.4 Å². The molecule has 10 nitrogen and oxygen atoms in total. The highest BCUT2D eigenvalue weighted by Gasteiger charge is 2.32. The van der Waals surface area contributed by atoms with E-state index in [-0.39, 0.29) is 34.6 Å². The average molecular weight is 600 g/mol. The number of pyridine rings is 1. The van der Waals surface area contributed by atoms with Crippen molar-refractivity contribution in [2.75, 3.05) is 23.8 Å². The highest BCUT2D eigenvalue weighted by atomic mass is 19.1. The van der Waals surface area contributed by atoms with E-state index in [2.05, 4.69) is 31.0 Å². The van der Waals surface area contributed by atoms with Crippen molar-refractivity contribution < 1.29 is 23.1 Å². The number of anilines is 2. The van der Waals surface area contributed by atoms with Gasteiger partial charge in [0.15, 0.2) is 0 Å². The molecule has 6 rings (SSSR count). The summed E-state index contributed by atoms with van der Waals surface area (Å²) in [6, 6.07) is 16.5. The molecule has 2 amide bonds. The Bertz CT molecular complexity index is 1730. The van der Waals surface area contributed by atoms with Crippen molar-refractivity contribution in [3.05, 3.63) is 95.3 Å². The Balaban J connectivity index is 1.40. The molecule has 2 aromatic carbocycles. The topological polar surface area (TPSA) is 123 Å². The molecule has 0 bridgehead atoms. The molecule has 0 radical (unpaired) electrons. The van der Waals surface area contributed by atoms with Gasteiger partial charge in [0.05, 0.1) is 40.5 Å². The van der Waals surface area contributed by atoms with Crippen LogP contribution in [0.3, 0.4) is 0 Å². The molecule has 0 unspecified atom stereocenters. The number of hydrogen-bond donors (Lipinski definition) is 3. The van der Waals surface area contributed by atoms with Gasteiger partial charge in [-0.15, -0.1) is 0 Å². The number of halogens is 2. The van der Waals surface area contributed by atoms with Crippen molar-refractivity contribution in [2.45, 2.75) is 44.9 Å². The highest BCUT2D eigenvalue weighted by Crippen LogP contribution is 2.33. The number of ether oxygens (including phenoxy) is 1. The molecule has 2 aromatic heterocycles. The van der Waals surface area contributed by atoms with Crippen molar-refractivity contribution in [3.8, 4) is 11.3 Å². The molecule has 4 heterocycles. The maximum absolute atomic E-state index is 15.6. The number of rotatable bonds is 7. The predicted octanol–water partition coefficient (Wildman–Crippen LogP) is 4.94. The zero-order chi connectivity index (χ0) is 30.8. The van der Waals surface area contributed by atoms with Crippen molar-refractivity contribution in [2.24, 2.45) is 4.99 Å². The lowest BCUT2D eigenvalue weighted by Crippen LogP contribution is -2.42. The molecular formula is C32H31F2N7O3. The summed E-state index contributed by atoms with van der Waals surface area (Å²) in [6.45, 7) is 4.83. The average Bonchev–Trinajstić information content (AvgIpc) is 3.40. The first-order valence-electron chi connectivity index (χ1n) is 14.4. The van der Waals surface area contributed by atoms with Gasteiger partial charge in [-0.3, -0.25) is 14.3 Å². The van der Waals surface area contributed by atoms with Crippen LogP contribution in [-0.2, 0) is 9.53 Å². The Morgan fingerprint density at radius 1 is 1.02 bits per heavy atom. The number of aliphatic imine (C=N–C) groups is 1. The van der Waals surface area contributed by atoms with E-state index in [0.29, 0.717) is 48.7 Å². The predicted molar refractivity (Wildman–Crippen MR) is 162 cm³/mol. The second-order valence-electron chi connectivity index (χ2n) is 10.9. The maximum Gasteiger partial charge on any atom is 0.269 e. The molecule has 3 N–H and O–H groups in total. The first-order valence-corrected chi connectivity index (χ1v) is 14.4. The van der Waals surface area contributed by atoms with Crippen LogP contribution in [0.2, 0.25) is 0 Å². The van der Waals surface area contributed by atoms with Gasteiger partial charge in [0.1, 0.15) is 11.6 Å². The molecule has 0 aliphatic carbocycles. The molecule has 44 heavy (non-hydrogen) atoms. The maximum atomic E-state index is 15.6. The number of nitrogens with one attached hydrogen (secondary N) is 3. The molecule has 2 aliphatic heterocycles. The zero-order valence-corrected chi connectivity index (χ0v) is 24.2. The van der Waals surface area contributed by atoms with E-state index in [4.69, 9.17) is 4.74 Å². The molecule has 12 heteroatoms. The number of nitrogens with zero attached hydrogens (tertiary/aromatic N) is 4. The summed E-state index contributed by atoms with van der Waals surface area (Å²) in [6.07, 6.45) is 1.17. The highest BCUT2D eigenvalue weighted by molar-refractivity contribution is 6.20. The van der Waals surface area contributed by atoms with Gasteiger partial charge in [0, 0.05) is 30.4 Å². The van der Waals surface area contributed by atoms with Crippen LogP contribution in [0, 0.1) is 11.8 Å². The van der Waals surface area contributed by atoms with E-state index in [9.17, 15) is 14.0 Å². The zero-order valence-electron chi connectivity index (χ0n) is 24.2. The molecule has 4 aromatic rings. The van der Waals surface area contributed by atoms with Crippen molar-refractivity contribution in [1.29, 1.82) is 0 Å². The minimum absolute atomic E-state index is 0.0341. The van der Waals surface area contributed by atoms with Crippen LogP contribution < -0.4 is 16.0 Å². The van der Waals surface area contributed by atoms with Gasteiger partial charge in [-0.2, -0.15) is 9.49 Å². The Labute approximate surface area is 252 Å². The van der Waals surface area contributed by atoms with Crippen molar-refractivity contribution in [1.82, 2.24) is 20.1 Å². The fraction of sp³-hybridized carbons (Fsp3) is 0.281. The Kier molecular flexibility index (Phi) is 8.16. The summed E-state index contributed by atoms with van der Waals surface area (Å²) in [7, 11) is 0. The minimum atomic E-state index is -1.43. The fourth-order valence-electron chi connectivity index (χ4n) is 5.41. The summed E-state index contributed by atoms with van der Waals surface area (Å²) in [5.74, 6) is -2.49. The number of benzene rings is 2. The van der Waals surface area contributed by atoms with Crippen LogP contribution in [0.25, 0.3) is 11.3 Å². The molecule has 0 spiro atoms. The van der Waals surface area contributed by atoms with Crippen LogP contribution >= 0.6 is 0 Å². The van der Waals surface area contributed by atoms with Gasteiger partial charge in [0.25, 0.3) is 11.8 Å². The molecule has 1 fully saturated rings. The molecule has 0 saturated carbocycles. The summed E-state index contributed by atoms with van der Waals surface area (Å²) < 4.78 is 37.6. The largest absolute Gasteiger partial charge is 0.381 e. The summed E-state index contributed by atoms with van der Waals surface area (Å²) >= 11 is 0. The Morgan fingerprint density at radius 3 is 2.52 bits per heavy atom. The molecular weight excluding hydrogens is 568 g/mol. The third-order valence-electron chi connectivity index (χ3n) is 7.46. The SMILES string of the molecule is CC(C)Nc1ccc(-c2c(C(=O)N[C@H]3N=C(c4ccccc4)c4cccc(F)c4NC3=O)cnn2C2CCOCC2)c(F)n1. The van der Waals surface area contributed by atoms with Crippen LogP contribution in [0.5, 0.6) is 0 Å². The molecule has 1 saturated heterocycles.